The van der Waals surface area contributed by atoms with Gasteiger partial charge in [-0.1, -0.05) is 29.8 Å². The number of carbonyl (C=O) groups excluding carboxylic acids is 1. The van der Waals surface area contributed by atoms with Gasteiger partial charge in [0.1, 0.15) is 5.82 Å². The van der Waals surface area contributed by atoms with Crippen molar-refractivity contribution in [2.24, 2.45) is 5.73 Å². The molecule has 6 nitrogen and oxygen atoms in total. The highest BCUT2D eigenvalue weighted by atomic mass is 35.5. The van der Waals surface area contributed by atoms with Crippen molar-refractivity contribution < 1.29 is 13.9 Å². The number of nitrogens with zero attached hydrogens (tertiary/aromatic N) is 2. The summed E-state index contributed by atoms with van der Waals surface area (Å²) in [6, 6.07) is 11.0. The topological polar surface area (TPSA) is 87.2 Å². The maximum Gasteiger partial charge on any atom is 0.405 e. The molecule has 0 aliphatic heterocycles. The van der Waals surface area contributed by atoms with Gasteiger partial charge in [0, 0.05) is 0 Å². The van der Waals surface area contributed by atoms with Crippen LogP contribution in [-0.2, 0) is 4.74 Å². The van der Waals surface area contributed by atoms with Gasteiger partial charge in [-0.15, -0.1) is 0 Å². The maximum absolute atomic E-state index is 13.8. The summed E-state index contributed by atoms with van der Waals surface area (Å²) in [5.74, 6) is -0.577. The Morgan fingerprint density at radius 3 is 2.60 bits per heavy atom. The Kier molecular flexibility index (Phi) is 4.41. The number of primary amides is 1. The number of aromatic nitrogens is 2. The van der Waals surface area contributed by atoms with Gasteiger partial charge in [-0.25, -0.2) is 14.2 Å². The van der Waals surface area contributed by atoms with Crippen LogP contribution in [0.1, 0.15) is 18.9 Å². The molecule has 8 heteroatoms. The van der Waals surface area contributed by atoms with E-state index >= 15 is 0 Å². The molecule has 25 heavy (non-hydrogen) atoms. The third-order valence-electron chi connectivity index (χ3n) is 3.62. The number of hydrogen-bond donors (Lipinski definition) is 1. The fourth-order valence-corrected chi connectivity index (χ4v) is 2.79. The van der Waals surface area contributed by atoms with Crippen LogP contribution in [0.5, 0.6) is 0 Å². The largest absolute Gasteiger partial charge is 0.439 e. The molecule has 2 aromatic carbocycles. The minimum atomic E-state index is -1.00. The van der Waals surface area contributed by atoms with Gasteiger partial charge in [-0.2, -0.15) is 0 Å². The highest BCUT2D eigenvalue weighted by Gasteiger charge is 2.22. The molecule has 0 saturated carbocycles. The van der Waals surface area contributed by atoms with Gasteiger partial charge < -0.3 is 10.5 Å². The minimum Gasteiger partial charge on any atom is -0.439 e. The highest BCUT2D eigenvalue weighted by molar-refractivity contribution is 6.35. The van der Waals surface area contributed by atoms with Gasteiger partial charge in [-0.3, -0.25) is 9.36 Å². The first-order valence-corrected chi connectivity index (χ1v) is 7.70. The van der Waals surface area contributed by atoms with Crippen LogP contribution in [0.25, 0.3) is 16.6 Å². The van der Waals surface area contributed by atoms with Gasteiger partial charge in [0.2, 0.25) is 0 Å². The number of nitrogens with two attached hydrogens (primary N) is 1. The lowest BCUT2D eigenvalue weighted by atomic mass is 10.2. The Balaban J connectivity index is 2.39. The lowest BCUT2D eigenvalue weighted by Gasteiger charge is -2.18. The van der Waals surface area contributed by atoms with E-state index in [1.165, 1.54) is 17.6 Å². The van der Waals surface area contributed by atoms with E-state index in [0.29, 0.717) is 5.69 Å². The van der Waals surface area contributed by atoms with Crippen LogP contribution < -0.4 is 11.3 Å². The molecule has 1 amide bonds. The number of amides is 1. The van der Waals surface area contributed by atoms with Crippen LogP contribution in [0.2, 0.25) is 5.02 Å². The molecule has 1 unspecified atom stereocenters. The van der Waals surface area contributed by atoms with Crippen molar-refractivity contribution in [2.45, 2.75) is 13.0 Å². The van der Waals surface area contributed by atoms with Crippen molar-refractivity contribution in [3.05, 3.63) is 69.5 Å². The molecule has 2 N–H and O–H groups in total. The van der Waals surface area contributed by atoms with Crippen molar-refractivity contribution in [1.29, 1.82) is 0 Å². The highest BCUT2D eigenvalue weighted by Crippen LogP contribution is 2.26. The predicted molar refractivity (Wildman–Crippen MR) is 91.4 cm³/mol. The van der Waals surface area contributed by atoms with E-state index in [-0.39, 0.29) is 21.7 Å². The van der Waals surface area contributed by atoms with Crippen LogP contribution in [0.3, 0.4) is 0 Å². The number of halogens is 2. The molecule has 1 heterocycles. The molecule has 0 saturated heterocycles. The minimum absolute atomic E-state index is 0.0551. The molecule has 0 aliphatic rings. The summed E-state index contributed by atoms with van der Waals surface area (Å²) in [5, 5.41) is -0.366. The number of benzene rings is 2. The second kappa shape index (κ2) is 6.52. The van der Waals surface area contributed by atoms with E-state index in [0.717, 1.165) is 6.07 Å². The molecule has 0 aliphatic carbocycles. The lowest BCUT2D eigenvalue weighted by molar-refractivity contribution is 0.110. The first-order chi connectivity index (χ1) is 11.9. The van der Waals surface area contributed by atoms with Crippen LogP contribution in [0.4, 0.5) is 9.18 Å². The molecule has 1 atom stereocenters. The molecule has 3 aromatic rings. The van der Waals surface area contributed by atoms with Gasteiger partial charge in [-0.05, 0) is 31.2 Å². The van der Waals surface area contributed by atoms with E-state index < -0.39 is 23.6 Å². The van der Waals surface area contributed by atoms with E-state index in [9.17, 15) is 14.0 Å². The lowest BCUT2D eigenvalue weighted by Crippen LogP contribution is -2.28. The third-order valence-corrected chi connectivity index (χ3v) is 3.99. The molecule has 0 fully saturated rings. The first-order valence-electron chi connectivity index (χ1n) is 7.32. The molecule has 128 valence electrons. The Labute approximate surface area is 146 Å². The van der Waals surface area contributed by atoms with Crippen molar-refractivity contribution in [1.82, 2.24) is 9.55 Å². The zero-order valence-corrected chi connectivity index (χ0v) is 13.8. The van der Waals surface area contributed by atoms with E-state index in [1.54, 1.807) is 30.3 Å². The fourth-order valence-electron chi connectivity index (χ4n) is 2.55. The zero-order chi connectivity index (χ0) is 18.1. The number of ether oxygens (including phenoxy) is 1. The van der Waals surface area contributed by atoms with Crippen LogP contribution in [-0.4, -0.2) is 15.6 Å². The first kappa shape index (κ1) is 16.9. The second-order valence-electron chi connectivity index (χ2n) is 5.28. The van der Waals surface area contributed by atoms with E-state index in [1.807, 2.05) is 0 Å². The van der Waals surface area contributed by atoms with Crippen LogP contribution in [0, 0.1) is 5.82 Å². The van der Waals surface area contributed by atoms with E-state index in [4.69, 9.17) is 22.1 Å². The van der Waals surface area contributed by atoms with Crippen molar-refractivity contribution >= 4 is 28.6 Å². The van der Waals surface area contributed by atoms with E-state index in [2.05, 4.69) is 4.98 Å². The summed E-state index contributed by atoms with van der Waals surface area (Å²) in [7, 11) is 0. The summed E-state index contributed by atoms with van der Waals surface area (Å²) in [6.07, 6.45) is -1.91. The number of rotatable bonds is 3. The summed E-state index contributed by atoms with van der Waals surface area (Å²) in [5.41, 5.74) is 5.16. The third kappa shape index (κ3) is 3.06. The standard InChI is InChI=1S/C17H13ClFN3O3/c1-9(25-17(20)24)15-21-12-8-7-11(19)14(18)13(12)16(23)22(15)10-5-3-2-4-6-10/h2-9H,1H3,(H2,20,24). The molecule has 3 rings (SSSR count). The van der Waals surface area contributed by atoms with Crippen LogP contribution in [0.15, 0.2) is 47.3 Å². The van der Waals surface area contributed by atoms with Crippen molar-refractivity contribution in [3.63, 3.8) is 0 Å². The zero-order valence-electron chi connectivity index (χ0n) is 13.1. The van der Waals surface area contributed by atoms with Crippen molar-refractivity contribution in [2.75, 3.05) is 0 Å². The molecular formula is C17H13ClFN3O3. The summed E-state index contributed by atoms with van der Waals surface area (Å²) >= 11 is 5.97. The summed E-state index contributed by atoms with van der Waals surface area (Å²) in [6.45, 7) is 1.53. The quantitative estimate of drug-likeness (QED) is 0.775. The van der Waals surface area contributed by atoms with Gasteiger partial charge >= 0.3 is 6.09 Å². The SMILES string of the molecule is CC(OC(N)=O)c1nc2ccc(F)c(Cl)c2c(=O)n1-c1ccccc1. The monoisotopic (exact) mass is 361 g/mol. The maximum atomic E-state index is 13.8. The Morgan fingerprint density at radius 2 is 1.96 bits per heavy atom. The normalized spacial score (nSPS) is 12.1. The number of fused-ring (bicyclic) bond motifs is 1. The smallest absolute Gasteiger partial charge is 0.405 e. The summed E-state index contributed by atoms with van der Waals surface area (Å²) in [4.78, 5) is 28.5. The Bertz CT molecular complexity index is 1020. The average molecular weight is 362 g/mol. The number of hydrogen-bond acceptors (Lipinski definition) is 4. The Hall–Kier alpha value is -2.93. The van der Waals surface area contributed by atoms with Gasteiger partial charge in [0.15, 0.2) is 11.9 Å². The molecule has 0 radical (unpaired) electrons. The molecule has 0 bridgehead atoms. The van der Waals surface area contributed by atoms with Crippen LogP contribution >= 0.6 is 11.6 Å². The van der Waals surface area contributed by atoms with Gasteiger partial charge in [0.25, 0.3) is 5.56 Å². The molecule has 0 spiro atoms. The molecule has 1 aromatic heterocycles. The number of carbonyl (C=O) groups is 1. The fraction of sp³-hybridized carbons (Fsp3) is 0.118. The average Bonchev–Trinajstić information content (AvgIpc) is 2.58. The molecular weight excluding hydrogens is 349 g/mol. The predicted octanol–water partition coefficient (Wildman–Crippen LogP) is 3.33. The second-order valence-corrected chi connectivity index (χ2v) is 5.66. The number of para-hydroxylation sites is 1. The van der Waals surface area contributed by atoms with Crippen molar-refractivity contribution in [3.8, 4) is 5.69 Å². The van der Waals surface area contributed by atoms with Gasteiger partial charge in [0.05, 0.1) is 21.6 Å². The Morgan fingerprint density at radius 1 is 1.28 bits per heavy atom. The summed E-state index contributed by atoms with van der Waals surface area (Å²) < 4.78 is 20.0.